The molecule has 2 aromatic carbocycles. The normalized spacial score (nSPS) is 11.8. The number of azo groups is 1. The molecule has 0 bridgehead atoms. The van der Waals surface area contributed by atoms with Crippen molar-refractivity contribution >= 4 is 74.0 Å². The van der Waals surface area contributed by atoms with Crippen LogP contribution in [0.3, 0.4) is 0 Å². The molecule has 0 saturated heterocycles. The average molecular weight is 723 g/mol. The first-order valence-corrected chi connectivity index (χ1v) is 16.6. The van der Waals surface area contributed by atoms with Crippen molar-refractivity contribution in [1.82, 2.24) is 9.78 Å². The number of amides is 1. The number of aliphatic carboxylic acids is 2. The molecule has 1 aromatic heterocycles. The minimum absolute atomic E-state index is 0.0120. The van der Waals surface area contributed by atoms with Gasteiger partial charge in [0.25, 0.3) is 10.1 Å². The first-order valence-electron chi connectivity index (χ1n) is 14.4. The lowest BCUT2D eigenvalue weighted by Gasteiger charge is -2.25. The lowest BCUT2D eigenvalue weighted by atomic mass is 9.90. The molecule has 3 rings (SSSR count). The third-order valence-electron chi connectivity index (χ3n) is 6.73. The number of carbonyl (C=O) groups excluding carboxylic acids is 1. The number of nitriles is 1. The van der Waals surface area contributed by atoms with Gasteiger partial charge >= 0.3 is 11.9 Å². The summed E-state index contributed by atoms with van der Waals surface area (Å²) in [5, 5.41) is 43.7. The van der Waals surface area contributed by atoms with E-state index in [4.69, 9.17) is 33.4 Å². The van der Waals surface area contributed by atoms with E-state index < -0.39 is 38.3 Å². The molecule has 1 amide bonds. The van der Waals surface area contributed by atoms with E-state index in [0.29, 0.717) is 24.5 Å². The minimum Gasteiger partial charge on any atom is -0.481 e. The number of benzene rings is 2. The van der Waals surface area contributed by atoms with Crippen molar-refractivity contribution in [2.24, 2.45) is 10.2 Å². The van der Waals surface area contributed by atoms with Gasteiger partial charge in [-0.2, -0.15) is 18.8 Å². The Morgan fingerprint density at radius 3 is 2.04 bits per heavy atom. The number of rotatable bonds is 14. The van der Waals surface area contributed by atoms with Crippen LogP contribution < -0.4 is 10.2 Å². The zero-order valence-corrected chi connectivity index (χ0v) is 28.7. The molecule has 4 N–H and O–H groups in total. The van der Waals surface area contributed by atoms with E-state index in [9.17, 15) is 32.6 Å². The predicted octanol–water partition coefficient (Wildman–Crippen LogP) is 6.50. The monoisotopic (exact) mass is 721 g/mol. The molecule has 18 heteroatoms. The molecule has 0 aliphatic rings. The van der Waals surface area contributed by atoms with Crippen LogP contribution in [0.25, 0.3) is 5.69 Å². The van der Waals surface area contributed by atoms with Gasteiger partial charge in [0.05, 0.1) is 26.3 Å². The standard InChI is InChI=1S/C30H33Cl2N7O8S/c1-17(40)34-24-13-18(38(11-5-7-25(41)42)12-6-8-26(43)44)9-10-23(24)35-36-29-20(16-33)28(30(2,3)4)37-39(29)27-21(31)14-19(15-22(27)32)48(45,46)47/h9-10,13-15H,5-8,11-12H2,1-4H3,(H,34,40)(H,41,42)(H,43,44)(H,45,46,47). The van der Waals surface area contributed by atoms with E-state index in [-0.39, 0.29) is 64.2 Å². The first-order chi connectivity index (χ1) is 22.3. The fourth-order valence-electron chi connectivity index (χ4n) is 4.59. The van der Waals surface area contributed by atoms with Crippen LogP contribution >= 0.6 is 23.2 Å². The zero-order chi connectivity index (χ0) is 36.0. The van der Waals surface area contributed by atoms with Crippen molar-refractivity contribution in [3.05, 3.63) is 51.6 Å². The van der Waals surface area contributed by atoms with Gasteiger partial charge in [-0.15, -0.1) is 10.2 Å². The number of halogens is 2. The van der Waals surface area contributed by atoms with Gasteiger partial charge < -0.3 is 20.4 Å². The number of hydrogen-bond donors (Lipinski definition) is 4. The van der Waals surface area contributed by atoms with Crippen molar-refractivity contribution < 1.29 is 37.6 Å². The second kappa shape index (κ2) is 15.6. The molecule has 0 atom stereocenters. The molecule has 0 aliphatic heterocycles. The van der Waals surface area contributed by atoms with Crippen molar-refractivity contribution in [1.29, 1.82) is 5.26 Å². The van der Waals surface area contributed by atoms with E-state index in [0.717, 1.165) is 16.8 Å². The largest absolute Gasteiger partial charge is 0.481 e. The number of hydrogen-bond acceptors (Lipinski definition) is 10. The summed E-state index contributed by atoms with van der Waals surface area (Å²) in [6.45, 7) is 7.29. The van der Waals surface area contributed by atoms with E-state index in [1.54, 1.807) is 37.8 Å². The van der Waals surface area contributed by atoms with Crippen molar-refractivity contribution in [3.8, 4) is 11.8 Å². The maximum Gasteiger partial charge on any atom is 0.303 e. The molecule has 0 unspecified atom stereocenters. The molecule has 0 fully saturated rings. The maximum absolute atomic E-state index is 12.2. The van der Waals surface area contributed by atoms with Crippen LogP contribution in [0.15, 0.2) is 45.5 Å². The van der Waals surface area contributed by atoms with Crippen molar-refractivity contribution in [3.63, 3.8) is 0 Å². The molecule has 15 nitrogen and oxygen atoms in total. The topological polar surface area (TPSA) is 228 Å². The summed E-state index contributed by atoms with van der Waals surface area (Å²) < 4.78 is 34.1. The van der Waals surface area contributed by atoms with Crippen LogP contribution in [-0.2, 0) is 29.9 Å². The van der Waals surface area contributed by atoms with Crippen LogP contribution in [-0.4, -0.2) is 63.9 Å². The van der Waals surface area contributed by atoms with Gasteiger partial charge in [0, 0.05) is 44.0 Å². The molecular formula is C30H33Cl2N7O8S. The Kier molecular flexibility index (Phi) is 12.3. The fourth-order valence-corrected chi connectivity index (χ4v) is 5.90. The summed E-state index contributed by atoms with van der Waals surface area (Å²) >= 11 is 12.9. The summed E-state index contributed by atoms with van der Waals surface area (Å²) in [6.07, 6.45) is 0.371. The smallest absolute Gasteiger partial charge is 0.303 e. The van der Waals surface area contributed by atoms with Gasteiger partial charge in [0.1, 0.15) is 23.0 Å². The molecular weight excluding hydrogens is 689 g/mol. The predicted molar refractivity (Wildman–Crippen MR) is 178 cm³/mol. The third-order valence-corrected chi connectivity index (χ3v) is 8.14. The Morgan fingerprint density at radius 2 is 1.58 bits per heavy atom. The summed E-state index contributed by atoms with van der Waals surface area (Å²) in [4.78, 5) is 35.6. The molecule has 1 heterocycles. The van der Waals surface area contributed by atoms with E-state index in [2.05, 4.69) is 26.7 Å². The van der Waals surface area contributed by atoms with Gasteiger partial charge in [-0.05, 0) is 43.2 Å². The van der Waals surface area contributed by atoms with Crippen molar-refractivity contribution in [2.45, 2.75) is 63.7 Å². The Hall–Kier alpha value is -4.56. The Labute approximate surface area is 286 Å². The van der Waals surface area contributed by atoms with Crippen LogP contribution in [0.2, 0.25) is 10.0 Å². The highest BCUT2D eigenvalue weighted by molar-refractivity contribution is 7.85. The summed E-state index contributed by atoms with van der Waals surface area (Å²) in [6, 6.07) is 8.78. The summed E-state index contributed by atoms with van der Waals surface area (Å²) in [7, 11) is -4.66. The quantitative estimate of drug-likeness (QED) is 0.104. The Balaban J connectivity index is 2.19. The second-order valence-corrected chi connectivity index (χ2v) is 13.8. The fraction of sp³-hybridized carbons (Fsp3) is 0.367. The highest BCUT2D eigenvalue weighted by Crippen LogP contribution is 2.40. The van der Waals surface area contributed by atoms with Crippen molar-refractivity contribution in [2.75, 3.05) is 23.3 Å². The van der Waals surface area contributed by atoms with Gasteiger partial charge in [-0.25, -0.2) is 4.68 Å². The number of anilines is 2. The summed E-state index contributed by atoms with van der Waals surface area (Å²) in [5.74, 6) is -2.51. The Bertz CT molecular complexity index is 1870. The summed E-state index contributed by atoms with van der Waals surface area (Å²) in [5.41, 5.74) is 0.490. The van der Waals surface area contributed by atoms with Crippen LogP contribution in [0, 0.1) is 11.3 Å². The molecule has 256 valence electrons. The molecule has 0 saturated carbocycles. The van der Waals surface area contributed by atoms with E-state index >= 15 is 0 Å². The highest BCUT2D eigenvalue weighted by Gasteiger charge is 2.30. The minimum atomic E-state index is -4.66. The number of nitrogens with zero attached hydrogens (tertiary/aromatic N) is 6. The van der Waals surface area contributed by atoms with Crippen LogP contribution in [0.4, 0.5) is 22.9 Å². The van der Waals surface area contributed by atoms with E-state index in [1.807, 2.05) is 0 Å². The molecule has 48 heavy (non-hydrogen) atoms. The third kappa shape index (κ3) is 9.73. The van der Waals surface area contributed by atoms with Gasteiger partial charge in [0.15, 0.2) is 5.82 Å². The molecule has 0 spiro atoms. The van der Waals surface area contributed by atoms with Gasteiger partial charge in [-0.1, -0.05) is 44.0 Å². The van der Waals surface area contributed by atoms with Gasteiger partial charge in [-0.3, -0.25) is 18.9 Å². The lowest BCUT2D eigenvalue weighted by Crippen LogP contribution is -2.26. The zero-order valence-electron chi connectivity index (χ0n) is 26.4. The number of carbonyl (C=O) groups is 3. The number of carboxylic acids is 2. The molecule has 0 radical (unpaired) electrons. The SMILES string of the molecule is CC(=O)Nc1cc(N(CCCC(=O)O)CCCC(=O)O)ccc1N=Nc1c(C#N)c(C(C)(C)C)nn1-c1c(Cl)cc(S(=O)(=O)O)cc1Cl. The average Bonchev–Trinajstić information content (AvgIpc) is 3.33. The van der Waals surface area contributed by atoms with Gasteiger partial charge in [0.2, 0.25) is 5.91 Å². The first kappa shape index (κ1) is 37.9. The number of carboxylic acid groups (broad SMARTS) is 2. The lowest BCUT2D eigenvalue weighted by molar-refractivity contribution is -0.138. The van der Waals surface area contributed by atoms with Crippen LogP contribution in [0.5, 0.6) is 0 Å². The molecule has 0 aliphatic carbocycles. The number of nitrogens with one attached hydrogen (secondary N) is 1. The van der Waals surface area contributed by atoms with E-state index in [1.165, 1.54) is 13.0 Å². The second-order valence-electron chi connectivity index (χ2n) is 11.6. The number of aromatic nitrogens is 2. The maximum atomic E-state index is 12.2. The van der Waals surface area contributed by atoms with Crippen LogP contribution in [0.1, 0.15) is 64.6 Å². The highest BCUT2D eigenvalue weighted by atomic mass is 35.5. The Morgan fingerprint density at radius 1 is 1.02 bits per heavy atom. The molecule has 3 aromatic rings.